The second-order valence-electron chi connectivity index (χ2n) is 10.9. The van der Waals surface area contributed by atoms with Crippen molar-refractivity contribution in [3.05, 3.63) is 129 Å². The predicted octanol–water partition coefficient (Wildman–Crippen LogP) is 10.4. The van der Waals surface area contributed by atoms with Gasteiger partial charge in [0.2, 0.25) is 0 Å². The summed E-state index contributed by atoms with van der Waals surface area (Å²) in [5, 5.41) is 3.26. The molecular formula is C36H32ClF4NO3S2. The zero-order valence-corrected chi connectivity index (χ0v) is 28.2. The quantitative estimate of drug-likeness (QED) is 0.0954. The maximum absolute atomic E-state index is 13.7. The van der Waals surface area contributed by atoms with Gasteiger partial charge in [0.1, 0.15) is 16.9 Å². The molecule has 1 aliphatic heterocycles. The van der Waals surface area contributed by atoms with Crippen molar-refractivity contribution in [2.75, 3.05) is 13.2 Å². The van der Waals surface area contributed by atoms with E-state index in [0.29, 0.717) is 12.2 Å². The van der Waals surface area contributed by atoms with Gasteiger partial charge in [-0.1, -0.05) is 65.8 Å². The summed E-state index contributed by atoms with van der Waals surface area (Å²) in [6, 6.07) is 23.7. The van der Waals surface area contributed by atoms with Crippen LogP contribution in [0.15, 0.2) is 100 Å². The van der Waals surface area contributed by atoms with E-state index in [1.807, 2.05) is 56.3 Å². The van der Waals surface area contributed by atoms with Crippen LogP contribution >= 0.6 is 35.1 Å². The number of rotatable bonds is 11. The fraction of sp³-hybridized carbons (Fsp3) is 0.250. The minimum Gasteiger partial charge on any atom is -0.482 e. The zero-order valence-electron chi connectivity index (χ0n) is 25.8. The van der Waals surface area contributed by atoms with Crippen LogP contribution in [0.3, 0.4) is 0 Å². The van der Waals surface area contributed by atoms with Gasteiger partial charge in [-0.2, -0.15) is 13.2 Å². The molecule has 1 aliphatic rings. The van der Waals surface area contributed by atoms with Crippen molar-refractivity contribution >= 4 is 41.1 Å². The van der Waals surface area contributed by atoms with Crippen molar-refractivity contribution < 1.29 is 31.8 Å². The van der Waals surface area contributed by atoms with E-state index < -0.39 is 23.5 Å². The van der Waals surface area contributed by atoms with E-state index in [9.17, 15) is 22.4 Å². The Balaban J connectivity index is 1.38. The molecule has 11 heteroatoms. The van der Waals surface area contributed by atoms with Crippen molar-refractivity contribution in [2.45, 2.75) is 48.9 Å². The number of thioether (sulfide) groups is 2. The largest absolute Gasteiger partial charge is 0.482 e. The van der Waals surface area contributed by atoms with Crippen LogP contribution in [-0.2, 0) is 22.1 Å². The summed E-state index contributed by atoms with van der Waals surface area (Å²) in [6.07, 6.45) is -3.73. The number of hydrogen-bond acceptors (Lipinski definition) is 6. The lowest BCUT2D eigenvalue weighted by Crippen LogP contribution is -2.15. The van der Waals surface area contributed by atoms with Gasteiger partial charge >= 0.3 is 12.1 Å². The lowest BCUT2D eigenvalue weighted by molar-refractivity contribution is -0.145. The van der Waals surface area contributed by atoms with E-state index in [0.717, 1.165) is 55.4 Å². The number of hydrogen-bond donors (Lipinski definition) is 1. The maximum Gasteiger partial charge on any atom is 0.416 e. The lowest BCUT2D eigenvalue weighted by Gasteiger charge is -2.20. The molecule has 246 valence electrons. The molecule has 1 heterocycles. The molecular weight excluding hydrogens is 670 g/mol. The molecule has 0 aromatic heterocycles. The number of carbonyl (C=O) groups excluding carboxylic acids is 1. The molecule has 5 rings (SSSR count). The molecule has 0 saturated carbocycles. The number of allylic oxidation sites excluding steroid dienone is 1. The van der Waals surface area contributed by atoms with Crippen LogP contribution in [0, 0.1) is 12.7 Å². The monoisotopic (exact) mass is 701 g/mol. The van der Waals surface area contributed by atoms with E-state index in [4.69, 9.17) is 21.1 Å². The Morgan fingerprint density at radius 1 is 0.979 bits per heavy atom. The second kappa shape index (κ2) is 15.1. The van der Waals surface area contributed by atoms with Crippen molar-refractivity contribution in [1.82, 2.24) is 5.32 Å². The van der Waals surface area contributed by atoms with E-state index in [1.54, 1.807) is 42.6 Å². The van der Waals surface area contributed by atoms with Gasteiger partial charge in [-0.25, -0.2) is 9.18 Å². The summed E-state index contributed by atoms with van der Waals surface area (Å²) in [4.78, 5) is 13.9. The third kappa shape index (κ3) is 8.86. The molecule has 0 aliphatic carbocycles. The first kappa shape index (κ1) is 34.7. The van der Waals surface area contributed by atoms with E-state index in [2.05, 4.69) is 5.32 Å². The first-order valence-corrected chi connectivity index (χ1v) is 17.0. The second-order valence-corrected chi connectivity index (χ2v) is 13.7. The molecule has 0 spiro atoms. The topological polar surface area (TPSA) is 47.6 Å². The van der Waals surface area contributed by atoms with Crippen molar-refractivity contribution in [1.29, 1.82) is 0 Å². The molecule has 0 bridgehead atoms. The standard InChI is InChI=1S/C36H32ClF4NO3S2/c1-4-44-33(43)20-45-31-16-14-28(17-21(31)2)46-32(18-23-5-7-24(8-6-23)26-11-15-30(38)29(37)19-26)34-22(3)42-35(47-34)25-9-12-27(13-10-25)36(39,40)41/h5-17,19,32,35,42H,4,18,20H2,1-3H3. The lowest BCUT2D eigenvalue weighted by atomic mass is 10.0. The Morgan fingerprint density at radius 3 is 2.32 bits per heavy atom. The fourth-order valence-corrected chi connectivity index (χ4v) is 8.12. The number of ether oxygens (including phenoxy) is 2. The number of halogens is 5. The third-order valence-electron chi connectivity index (χ3n) is 7.50. The van der Waals surface area contributed by atoms with E-state index in [1.165, 1.54) is 18.2 Å². The number of nitrogens with one attached hydrogen (secondary N) is 1. The van der Waals surface area contributed by atoms with E-state index in [-0.39, 0.29) is 28.9 Å². The zero-order chi connectivity index (χ0) is 33.7. The summed E-state index contributed by atoms with van der Waals surface area (Å²) < 4.78 is 63.9. The van der Waals surface area contributed by atoms with Crippen LogP contribution < -0.4 is 10.1 Å². The van der Waals surface area contributed by atoms with Crippen LogP contribution in [0.1, 0.15) is 41.5 Å². The Bertz CT molecular complexity index is 1760. The predicted molar refractivity (Wildman–Crippen MR) is 181 cm³/mol. The van der Waals surface area contributed by atoms with Crippen LogP contribution in [0.4, 0.5) is 17.6 Å². The molecule has 2 unspecified atom stereocenters. The van der Waals surface area contributed by atoms with Crippen molar-refractivity contribution in [3.63, 3.8) is 0 Å². The summed E-state index contributed by atoms with van der Waals surface area (Å²) in [5.74, 6) is -0.318. The van der Waals surface area contributed by atoms with Crippen molar-refractivity contribution in [2.24, 2.45) is 0 Å². The molecule has 4 aromatic carbocycles. The van der Waals surface area contributed by atoms with Gasteiger partial charge in [-0.3, -0.25) is 0 Å². The minimum absolute atomic E-state index is 0.0382. The average Bonchev–Trinajstić information content (AvgIpc) is 3.43. The van der Waals surface area contributed by atoms with Crippen LogP contribution in [0.5, 0.6) is 5.75 Å². The number of carbonyl (C=O) groups is 1. The summed E-state index contributed by atoms with van der Waals surface area (Å²) in [6.45, 7) is 5.74. The molecule has 2 atom stereocenters. The Kier molecular flexibility index (Phi) is 11.1. The molecule has 0 saturated heterocycles. The van der Waals surface area contributed by atoms with Gasteiger partial charge < -0.3 is 14.8 Å². The summed E-state index contributed by atoms with van der Waals surface area (Å²) in [7, 11) is 0. The SMILES string of the molecule is CCOC(=O)COc1ccc(SC(Cc2ccc(-c3ccc(F)c(Cl)c3)cc2)C2=C(C)NC(c3ccc(C(F)(F)F)cc3)S2)cc1C. The minimum atomic E-state index is -4.40. The highest BCUT2D eigenvalue weighted by molar-refractivity contribution is 8.06. The highest BCUT2D eigenvalue weighted by atomic mass is 35.5. The fourth-order valence-electron chi connectivity index (χ4n) is 5.10. The van der Waals surface area contributed by atoms with Crippen molar-refractivity contribution in [3.8, 4) is 16.9 Å². The molecule has 4 nitrogen and oxygen atoms in total. The Morgan fingerprint density at radius 2 is 1.68 bits per heavy atom. The normalized spacial score (nSPS) is 15.4. The highest BCUT2D eigenvalue weighted by Gasteiger charge is 2.32. The summed E-state index contributed by atoms with van der Waals surface area (Å²) in [5.41, 5.74) is 4.68. The van der Waals surface area contributed by atoms with Gasteiger partial charge in [-0.15, -0.1) is 11.8 Å². The van der Waals surface area contributed by atoms with Crippen LogP contribution in [0.2, 0.25) is 5.02 Å². The molecule has 0 fully saturated rings. The molecule has 0 amide bonds. The summed E-state index contributed by atoms with van der Waals surface area (Å²) >= 11 is 9.28. The van der Waals surface area contributed by atoms with Crippen LogP contribution in [0.25, 0.3) is 11.1 Å². The maximum atomic E-state index is 13.7. The highest BCUT2D eigenvalue weighted by Crippen LogP contribution is 2.47. The van der Waals surface area contributed by atoms with Gasteiger partial charge in [0.15, 0.2) is 6.61 Å². The average molecular weight is 702 g/mol. The molecule has 1 N–H and O–H groups in total. The number of alkyl halides is 3. The van der Waals surface area contributed by atoms with E-state index >= 15 is 0 Å². The molecule has 47 heavy (non-hydrogen) atoms. The van der Waals surface area contributed by atoms with Crippen LogP contribution in [-0.4, -0.2) is 24.4 Å². The van der Waals surface area contributed by atoms with Gasteiger partial charge in [0.25, 0.3) is 0 Å². The van der Waals surface area contributed by atoms with Gasteiger partial charge in [-0.05, 0) is 97.5 Å². The third-order valence-corrected chi connectivity index (χ3v) is 10.6. The first-order valence-electron chi connectivity index (χ1n) is 14.8. The van der Waals surface area contributed by atoms with Gasteiger partial charge in [0, 0.05) is 20.7 Å². The molecule has 4 aromatic rings. The Labute approximate surface area is 284 Å². The number of benzene rings is 4. The number of esters is 1. The Hall–Kier alpha value is -3.60. The first-order chi connectivity index (χ1) is 22.4. The molecule has 0 radical (unpaired) electrons. The number of aryl methyl sites for hydroxylation is 1. The van der Waals surface area contributed by atoms with Gasteiger partial charge in [0.05, 0.1) is 17.2 Å². The smallest absolute Gasteiger partial charge is 0.416 e.